The van der Waals surface area contributed by atoms with Crippen LogP contribution in [0.25, 0.3) is 6.08 Å². The van der Waals surface area contributed by atoms with Crippen molar-refractivity contribution >= 4 is 39.8 Å². The van der Waals surface area contributed by atoms with E-state index in [1.54, 1.807) is 6.08 Å². The molecule has 0 saturated carbocycles. The van der Waals surface area contributed by atoms with E-state index in [1.807, 2.05) is 24.3 Å². The highest BCUT2D eigenvalue weighted by Crippen LogP contribution is 2.30. The number of benzene rings is 2. The van der Waals surface area contributed by atoms with Gasteiger partial charge in [-0.2, -0.15) is 15.1 Å². The highest BCUT2D eigenvalue weighted by molar-refractivity contribution is 8.26. The third kappa shape index (κ3) is 5.82. The summed E-state index contributed by atoms with van der Waals surface area (Å²) in [5.41, 5.74) is 3.36. The predicted molar refractivity (Wildman–Crippen MR) is 143 cm³/mol. The Bertz CT molecular complexity index is 1220. The predicted octanol–water partition coefficient (Wildman–Crippen LogP) is 6.00. The Morgan fingerprint density at radius 1 is 1.11 bits per heavy atom. The minimum atomic E-state index is -0.420. The molecule has 0 radical (unpaired) electrons. The maximum absolute atomic E-state index is 12.5. The number of hydrogen-bond acceptors (Lipinski definition) is 6. The van der Waals surface area contributed by atoms with Crippen molar-refractivity contribution in [3.63, 3.8) is 0 Å². The molecule has 2 heterocycles. The molecule has 0 bridgehead atoms. The van der Waals surface area contributed by atoms with Crippen molar-refractivity contribution < 1.29 is 14.3 Å². The monoisotopic (exact) mass is 490 g/mol. The van der Waals surface area contributed by atoms with Crippen LogP contribution < -0.4 is 9.47 Å². The van der Waals surface area contributed by atoms with Gasteiger partial charge in [-0.1, -0.05) is 45.0 Å². The van der Waals surface area contributed by atoms with Crippen molar-refractivity contribution in [2.45, 2.75) is 46.5 Å². The Balaban J connectivity index is 1.35. The Morgan fingerprint density at radius 3 is 2.57 bits per heavy atom. The number of hydrazone groups is 1. The van der Waals surface area contributed by atoms with Crippen molar-refractivity contribution in [3.05, 3.63) is 64.7 Å². The molecular formula is C27H30N4O3S. The Hall–Kier alpha value is -3.39. The number of aliphatic imine (C=N–C) groups is 1. The number of hydrogen-bond donors (Lipinski definition) is 1. The summed E-state index contributed by atoms with van der Waals surface area (Å²) < 4.78 is 11.8. The molecule has 0 aliphatic carbocycles. The van der Waals surface area contributed by atoms with Crippen LogP contribution in [0.4, 0.5) is 0 Å². The van der Waals surface area contributed by atoms with Crippen molar-refractivity contribution in [1.82, 2.24) is 5.01 Å². The summed E-state index contributed by atoms with van der Waals surface area (Å²) in [5.74, 6) is 1.62. The zero-order valence-electron chi connectivity index (χ0n) is 20.5. The number of carbonyl (C=O) groups is 1. The summed E-state index contributed by atoms with van der Waals surface area (Å²) in [6.07, 6.45) is 3.42. The van der Waals surface area contributed by atoms with Gasteiger partial charge in [-0.15, -0.1) is 0 Å². The molecule has 0 unspecified atom stereocenters. The fourth-order valence-corrected chi connectivity index (χ4v) is 4.71. The molecule has 0 aromatic heterocycles. The van der Waals surface area contributed by atoms with Crippen LogP contribution in [0.1, 0.15) is 56.2 Å². The van der Waals surface area contributed by atoms with Gasteiger partial charge in [0.2, 0.25) is 5.17 Å². The molecule has 182 valence electrons. The average Bonchev–Trinajstić information content (AvgIpc) is 3.23. The number of aryl methyl sites for hydroxylation is 1. The van der Waals surface area contributed by atoms with Crippen LogP contribution in [0.15, 0.2) is 58.1 Å². The number of ether oxygens (including phenoxy) is 2. The highest BCUT2D eigenvalue weighted by atomic mass is 32.2. The van der Waals surface area contributed by atoms with Gasteiger partial charge in [-0.3, -0.25) is 10.2 Å². The molecule has 2 aliphatic rings. The minimum absolute atomic E-state index is 0.0491. The molecular weight excluding hydrogens is 460 g/mol. The second-order valence-corrected chi connectivity index (χ2v) is 9.77. The van der Waals surface area contributed by atoms with Crippen molar-refractivity contribution in [3.8, 4) is 11.5 Å². The van der Waals surface area contributed by atoms with E-state index >= 15 is 0 Å². The van der Waals surface area contributed by atoms with Crippen LogP contribution in [0.3, 0.4) is 0 Å². The van der Waals surface area contributed by atoms with Crippen LogP contribution in [0, 0.1) is 12.3 Å². The van der Waals surface area contributed by atoms with Gasteiger partial charge in [0.25, 0.3) is 5.91 Å². The minimum Gasteiger partial charge on any atom is -0.490 e. The van der Waals surface area contributed by atoms with E-state index in [4.69, 9.17) is 14.9 Å². The number of fused-ring (bicyclic) bond motifs is 1. The molecule has 4 rings (SSSR count). The Kier molecular flexibility index (Phi) is 7.70. The molecule has 0 fully saturated rings. The van der Waals surface area contributed by atoms with E-state index in [-0.39, 0.29) is 11.4 Å². The zero-order valence-corrected chi connectivity index (χ0v) is 21.3. The van der Waals surface area contributed by atoms with Gasteiger partial charge in [0.1, 0.15) is 29.8 Å². The number of rotatable bonds is 9. The largest absolute Gasteiger partial charge is 0.490 e. The average molecular weight is 491 g/mol. The second kappa shape index (κ2) is 10.9. The van der Waals surface area contributed by atoms with Crippen molar-refractivity contribution in [1.29, 1.82) is 5.41 Å². The smallest absolute Gasteiger partial charge is 0.283 e. The van der Waals surface area contributed by atoms with E-state index in [1.165, 1.54) is 22.3 Å². The zero-order chi connectivity index (χ0) is 24.9. The van der Waals surface area contributed by atoms with Gasteiger partial charge in [0.15, 0.2) is 5.84 Å². The summed E-state index contributed by atoms with van der Waals surface area (Å²) in [4.78, 5) is 16.7. The fourth-order valence-electron chi connectivity index (χ4n) is 3.73. The number of thioether (sulfide) groups is 1. The van der Waals surface area contributed by atoms with Crippen LogP contribution in [0.5, 0.6) is 11.5 Å². The maximum Gasteiger partial charge on any atom is 0.283 e. The van der Waals surface area contributed by atoms with Crippen LogP contribution in [-0.2, 0) is 4.79 Å². The topological polar surface area (TPSA) is 87.3 Å². The quantitative estimate of drug-likeness (QED) is 0.344. The maximum atomic E-state index is 12.5. The van der Waals surface area contributed by atoms with E-state index in [0.29, 0.717) is 30.0 Å². The summed E-state index contributed by atoms with van der Waals surface area (Å²) in [6.45, 7) is 9.28. The third-order valence-electron chi connectivity index (χ3n) is 5.55. The molecule has 2 aromatic carbocycles. The molecule has 2 aliphatic heterocycles. The normalized spacial score (nSPS) is 16.5. The van der Waals surface area contributed by atoms with Gasteiger partial charge in [0, 0.05) is 0 Å². The molecule has 1 N–H and O–H groups in total. The lowest BCUT2D eigenvalue weighted by Crippen LogP contribution is -2.35. The van der Waals surface area contributed by atoms with Gasteiger partial charge in [-0.05, 0) is 78.4 Å². The summed E-state index contributed by atoms with van der Waals surface area (Å²) in [6, 6.07) is 13.7. The van der Waals surface area contributed by atoms with Gasteiger partial charge in [-0.25, -0.2) is 0 Å². The van der Waals surface area contributed by atoms with E-state index < -0.39 is 5.91 Å². The molecule has 2 aromatic rings. The summed E-state index contributed by atoms with van der Waals surface area (Å²) in [7, 11) is 0. The Labute approximate surface area is 210 Å². The molecule has 1 amide bonds. The second-order valence-electron chi connectivity index (χ2n) is 8.73. The fraction of sp³-hybridized carbons (Fsp3) is 0.333. The standard InChI is InChI=1S/C27H30N4O3S/c1-5-6-24-30-31-25(28)22(26(32)29-27(31)35-24)16-19-8-10-20(11-9-19)33-13-14-34-23-15-18(4)7-12-21(23)17(2)3/h7-12,15-17,28H,5-6,13-14H2,1-4H3/b22-16-,28-25?. The molecule has 7 nitrogen and oxygen atoms in total. The first-order valence-corrected chi connectivity index (χ1v) is 12.6. The molecule has 0 saturated heterocycles. The summed E-state index contributed by atoms with van der Waals surface area (Å²) >= 11 is 1.36. The van der Waals surface area contributed by atoms with Gasteiger partial charge >= 0.3 is 0 Å². The highest BCUT2D eigenvalue weighted by Gasteiger charge is 2.35. The van der Waals surface area contributed by atoms with Crippen LogP contribution >= 0.6 is 11.8 Å². The molecule has 35 heavy (non-hydrogen) atoms. The van der Waals surface area contributed by atoms with Crippen LogP contribution in [0.2, 0.25) is 0 Å². The number of amidine groups is 2. The summed E-state index contributed by atoms with van der Waals surface area (Å²) in [5, 5.41) is 15.7. The number of amides is 1. The Morgan fingerprint density at radius 2 is 1.86 bits per heavy atom. The van der Waals surface area contributed by atoms with Crippen molar-refractivity contribution in [2.24, 2.45) is 10.1 Å². The van der Waals surface area contributed by atoms with Gasteiger partial charge in [0.05, 0.1) is 5.57 Å². The number of carbonyl (C=O) groups excluding carboxylic acids is 1. The first kappa shape index (κ1) is 24.7. The first-order valence-electron chi connectivity index (χ1n) is 11.8. The van der Waals surface area contributed by atoms with Gasteiger partial charge < -0.3 is 9.47 Å². The molecule has 0 spiro atoms. The van der Waals surface area contributed by atoms with Crippen LogP contribution in [-0.4, -0.2) is 40.2 Å². The number of nitrogens with zero attached hydrogens (tertiary/aromatic N) is 3. The third-order valence-corrected chi connectivity index (χ3v) is 6.52. The van der Waals surface area contributed by atoms with E-state index in [0.717, 1.165) is 34.8 Å². The first-order chi connectivity index (χ1) is 16.9. The van der Waals surface area contributed by atoms with E-state index in [9.17, 15) is 4.79 Å². The lowest BCUT2D eigenvalue weighted by Gasteiger charge is -2.20. The molecule has 0 atom stereocenters. The van der Waals surface area contributed by atoms with E-state index in [2.05, 4.69) is 56.0 Å². The lowest BCUT2D eigenvalue weighted by atomic mass is 10.0. The molecule has 8 heteroatoms. The SMILES string of the molecule is CCCC1=NN2C(=N)/C(=C/c3ccc(OCCOc4cc(C)ccc4C(C)C)cc3)C(=O)N=C2S1. The number of nitrogens with one attached hydrogen (secondary N) is 1. The van der Waals surface area contributed by atoms with Crippen molar-refractivity contribution in [2.75, 3.05) is 13.2 Å². The lowest BCUT2D eigenvalue weighted by molar-refractivity contribution is -0.114.